The van der Waals surface area contributed by atoms with Gasteiger partial charge in [0.05, 0.1) is 15.1 Å². The van der Waals surface area contributed by atoms with Gasteiger partial charge in [-0.05, 0) is 42.5 Å². The largest absolute Gasteiger partial charge is 0.484 e. The molecule has 1 saturated carbocycles. The first-order valence-electron chi connectivity index (χ1n) is 9.66. The summed E-state index contributed by atoms with van der Waals surface area (Å²) in [5, 5.41) is 13.9. The molecular weight excluding hydrogens is 390 g/mol. The Morgan fingerprint density at radius 2 is 1.93 bits per heavy atom. The van der Waals surface area contributed by atoms with E-state index in [1.165, 1.54) is 61.1 Å². The van der Waals surface area contributed by atoms with Crippen molar-refractivity contribution in [2.75, 3.05) is 11.9 Å². The first-order valence-corrected chi connectivity index (χ1v) is 10.5. The maximum absolute atomic E-state index is 12.2. The van der Waals surface area contributed by atoms with Crippen molar-refractivity contribution in [2.45, 2.75) is 38.0 Å². The second kappa shape index (κ2) is 8.57. The third-order valence-electron chi connectivity index (χ3n) is 5.16. The van der Waals surface area contributed by atoms with Crippen molar-refractivity contribution in [3.8, 4) is 5.75 Å². The summed E-state index contributed by atoms with van der Waals surface area (Å²) in [6.45, 7) is -0.126. The van der Waals surface area contributed by atoms with E-state index >= 15 is 0 Å². The number of benzene rings is 2. The van der Waals surface area contributed by atoms with Gasteiger partial charge >= 0.3 is 0 Å². The van der Waals surface area contributed by atoms with Gasteiger partial charge in [-0.25, -0.2) is 4.98 Å². The van der Waals surface area contributed by atoms with E-state index in [-0.39, 0.29) is 18.2 Å². The SMILES string of the molecule is O=C(COc1ccc(C2CCCCC2)cc1)Nc1nc2ccc([N+](=O)[O-])cc2s1. The number of fused-ring (bicyclic) bond motifs is 1. The second-order valence-corrected chi connectivity index (χ2v) is 8.20. The predicted octanol–water partition coefficient (Wildman–Crippen LogP) is 5.27. The molecule has 0 bridgehead atoms. The number of non-ortho nitro benzene ring substituents is 1. The summed E-state index contributed by atoms with van der Waals surface area (Å²) in [4.78, 5) is 26.9. The van der Waals surface area contributed by atoms with Crippen LogP contribution in [0.4, 0.5) is 10.8 Å². The van der Waals surface area contributed by atoms with Crippen LogP contribution in [-0.2, 0) is 4.79 Å². The van der Waals surface area contributed by atoms with Gasteiger partial charge in [-0.3, -0.25) is 20.2 Å². The molecule has 1 amide bonds. The molecular formula is C21H21N3O4S. The molecule has 8 heteroatoms. The van der Waals surface area contributed by atoms with Crippen LogP contribution in [0, 0.1) is 10.1 Å². The number of thiazole rings is 1. The Bertz CT molecular complexity index is 1030. The smallest absolute Gasteiger partial charge is 0.270 e. The number of carbonyl (C=O) groups is 1. The zero-order valence-corrected chi connectivity index (χ0v) is 16.6. The molecule has 150 valence electrons. The molecule has 1 aromatic heterocycles. The molecule has 0 saturated heterocycles. The first kappa shape index (κ1) is 19.3. The lowest BCUT2D eigenvalue weighted by Crippen LogP contribution is -2.20. The molecule has 1 aliphatic rings. The Morgan fingerprint density at radius 3 is 2.66 bits per heavy atom. The quantitative estimate of drug-likeness (QED) is 0.440. The van der Waals surface area contributed by atoms with Gasteiger partial charge in [-0.15, -0.1) is 0 Å². The molecule has 4 rings (SSSR count). The number of carbonyl (C=O) groups excluding carboxylic acids is 1. The van der Waals surface area contributed by atoms with Crippen molar-refractivity contribution < 1.29 is 14.5 Å². The van der Waals surface area contributed by atoms with Crippen LogP contribution in [0.1, 0.15) is 43.6 Å². The number of amides is 1. The molecule has 1 aliphatic carbocycles. The van der Waals surface area contributed by atoms with Crippen molar-refractivity contribution in [3.05, 3.63) is 58.1 Å². The molecule has 1 heterocycles. The number of nitrogens with zero attached hydrogens (tertiary/aromatic N) is 2. The van der Waals surface area contributed by atoms with E-state index in [0.29, 0.717) is 27.0 Å². The number of anilines is 1. The predicted molar refractivity (Wildman–Crippen MR) is 113 cm³/mol. The average Bonchev–Trinajstić information content (AvgIpc) is 3.14. The topological polar surface area (TPSA) is 94.4 Å². The number of rotatable bonds is 6. The summed E-state index contributed by atoms with van der Waals surface area (Å²) in [5.74, 6) is 0.963. The normalized spacial score (nSPS) is 14.6. The number of hydrogen-bond donors (Lipinski definition) is 1. The molecule has 0 atom stereocenters. The number of aromatic nitrogens is 1. The molecule has 1 N–H and O–H groups in total. The van der Waals surface area contributed by atoms with Gasteiger partial charge in [0.25, 0.3) is 11.6 Å². The summed E-state index contributed by atoms with van der Waals surface area (Å²) >= 11 is 1.19. The van der Waals surface area contributed by atoms with Crippen LogP contribution < -0.4 is 10.1 Å². The van der Waals surface area contributed by atoms with E-state index in [1.807, 2.05) is 12.1 Å². The van der Waals surface area contributed by atoms with Crippen molar-refractivity contribution >= 4 is 38.3 Å². The first-order chi connectivity index (χ1) is 14.1. The van der Waals surface area contributed by atoms with Crippen LogP contribution in [-0.4, -0.2) is 22.4 Å². The van der Waals surface area contributed by atoms with Crippen molar-refractivity contribution in [1.82, 2.24) is 4.98 Å². The van der Waals surface area contributed by atoms with Gasteiger partial charge in [0.1, 0.15) is 5.75 Å². The molecule has 2 aromatic carbocycles. The highest BCUT2D eigenvalue weighted by atomic mass is 32.1. The van der Waals surface area contributed by atoms with E-state index in [9.17, 15) is 14.9 Å². The lowest BCUT2D eigenvalue weighted by Gasteiger charge is -2.22. The van der Waals surface area contributed by atoms with E-state index in [1.54, 1.807) is 6.07 Å². The molecule has 3 aromatic rings. The molecule has 7 nitrogen and oxygen atoms in total. The minimum absolute atomic E-state index is 0.000895. The van der Waals surface area contributed by atoms with Gasteiger partial charge in [0, 0.05) is 12.1 Å². The van der Waals surface area contributed by atoms with Crippen molar-refractivity contribution in [3.63, 3.8) is 0 Å². The maximum atomic E-state index is 12.2. The van der Waals surface area contributed by atoms with Crippen LogP contribution in [0.5, 0.6) is 5.75 Å². The number of nitro groups is 1. The summed E-state index contributed by atoms with van der Waals surface area (Å²) in [6.07, 6.45) is 6.41. The third-order valence-corrected chi connectivity index (χ3v) is 6.09. The summed E-state index contributed by atoms with van der Waals surface area (Å²) in [6, 6.07) is 12.4. The van der Waals surface area contributed by atoms with Crippen LogP contribution in [0.15, 0.2) is 42.5 Å². The van der Waals surface area contributed by atoms with Crippen molar-refractivity contribution in [2.24, 2.45) is 0 Å². The second-order valence-electron chi connectivity index (χ2n) is 7.17. The average molecular weight is 411 g/mol. The number of nitro benzene ring substituents is 1. The molecule has 0 unspecified atom stereocenters. The maximum Gasteiger partial charge on any atom is 0.270 e. The molecule has 0 aliphatic heterocycles. The third kappa shape index (κ3) is 4.71. The Balaban J connectivity index is 1.32. The lowest BCUT2D eigenvalue weighted by atomic mass is 9.84. The number of hydrogen-bond acceptors (Lipinski definition) is 6. The zero-order valence-electron chi connectivity index (χ0n) is 15.8. The highest BCUT2D eigenvalue weighted by Gasteiger charge is 2.16. The minimum Gasteiger partial charge on any atom is -0.484 e. The van der Waals surface area contributed by atoms with Crippen LogP contribution >= 0.6 is 11.3 Å². The zero-order chi connectivity index (χ0) is 20.2. The lowest BCUT2D eigenvalue weighted by molar-refractivity contribution is -0.384. The Hall–Kier alpha value is -3.00. The van der Waals surface area contributed by atoms with E-state index < -0.39 is 4.92 Å². The fraction of sp³-hybridized carbons (Fsp3) is 0.333. The Morgan fingerprint density at radius 1 is 1.17 bits per heavy atom. The van der Waals surface area contributed by atoms with Gasteiger partial charge in [-0.2, -0.15) is 0 Å². The number of nitrogens with one attached hydrogen (secondary N) is 1. The van der Waals surface area contributed by atoms with Crippen LogP contribution in [0.2, 0.25) is 0 Å². The van der Waals surface area contributed by atoms with Gasteiger partial charge in [-0.1, -0.05) is 42.7 Å². The monoisotopic (exact) mass is 411 g/mol. The summed E-state index contributed by atoms with van der Waals surface area (Å²) < 4.78 is 6.23. The highest BCUT2D eigenvalue weighted by molar-refractivity contribution is 7.22. The van der Waals surface area contributed by atoms with E-state index in [4.69, 9.17) is 4.74 Å². The van der Waals surface area contributed by atoms with Gasteiger partial charge < -0.3 is 4.74 Å². The fourth-order valence-electron chi connectivity index (χ4n) is 3.66. The standard InChI is InChI=1S/C21H21N3O4S/c25-20(23-21-22-18-11-8-16(24(26)27)12-19(18)29-21)13-28-17-9-6-15(7-10-17)14-4-2-1-3-5-14/h6-12,14H,1-5,13H2,(H,22,23,25). The summed E-state index contributed by atoms with van der Waals surface area (Å²) in [7, 11) is 0. The van der Waals surface area contributed by atoms with Crippen molar-refractivity contribution in [1.29, 1.82) is 0 Å². The van der Waals surface area contributed by atoms with E-state index in [2.05, 4.69) is 22.4 Å². The van der Waals surface area contributed by atoms with Gasteiger partial charge in [0.15, 0.2) is 11.7 Å². The van der Waals surface area contributed by atoms with Crippen LogP contribution in [0.3, 0.4) is 0 Å². The Labute approximate surface area is 171 Å². The highest BCUT2D eigenvalue weighted by Crippen LogP contribution is 2.33. The minimum atomic E-state index is -0.454. The molecule has 0 spiro atoms. The molecule has 1 fully saturated rings. The molecule has 0 radical (unpaired) electrons. The number of ether oxygens (including phenoxy) is 1. The van der Waals surface area contributed by atoms with E-state index in [0.717, 1.165) is 0 Å². The molecule has 29 heavy (non-hydrogen) atoms. The summed E-state index contributed by atoms with van der Waals surface area (Å²) in [5.41, 5.74) is 1.94. The van der Waals surface area contributed by atoms with Crippen LogP contribution in [0.25, 0.3) is 10.2 Å². The fourth-order valence-corrected chi connectivity index (χ4v) is 4.57. The van der Waals surface area contributed by atoms with Gasteiger partial charge in [0.2, 0.25) is 0 Å². The Kier molecular flexibility index (Phi) is 5.71.